The molecule has 47 heavy (non-hydrogen) atoms. The van der Waals surface area contributed by atoms with Crippen molar-refractivity contribution in [3.63, 3.8) is 0 Å². The van der Waals surface area contributed by atoms with E-state index >= 15 is 4.39 Å². The molecule has 0 saturated carbocycles. The Kier molecular flexibility index (Phi) is 13.7. The summed E-state index contributed by atoms with van der Waals surface area (Å²) in [6.07, 6.45) is 8.46. The number of piperazine rings is 1. The molecule has 11 heteroatoms. The predicted molar refractivity (Wildman–Crippen MR) is 195 cm³/mol. The van der Waals surface area contributed by atoms with Crippen LogP contribution in [-0.4, -0.2) is 102 Å². The SMILES string of the molecule is CCC[CH2][Sn]([CH2]CCC)([CH2]CCC)[c]1c(Cl)cc2c(N3CCN(C(=O)OC(C)(C)C)C[C@@H]3C)nc(OC[C@@H]3CCCN3C)nc2c1F. The van der Waals surface area contributed by atoms with E-state index in [-0.39, 0.29) is 30.0 Å². The van der Waals surface area contributed by atoms with Crippen LogP contribution in [0.25, 0.3) is 10.9 Å². The van der Waals surface area contributed by atoms with Gasteiger partial charge in [0.15, 0.2) is 0 Å². The van der Waals surface area contributed by atoms with E-state index in [1.54, 1.807) is 4.90 Å². The Bertz CT molecular complexity index is 1340. The first-order valence-corrected chi connectivity index (χ1v) is 26.0. The quantitative estimate of drug-likeness (QED) is 0.178. The monoisotopic (exact) mass is 783 g/mol. The summed E-state index contributed by atoms with van der Waals surface area (Å²) in [5, 5.41) is 1.15. The standard InChI is InChI=1S/C24H32ClFN5O3.3C4H9.Sn/c1-15-13-30(23(32)34-24(2,3)4)9-10-31(15)21-18-11-16(25)12-19(26)20(18)27-22(28-21)33-14-17-7-6-8-29(17)5;3*1-3-4-2;/h11,15,17H,6-10,13-14H2,1-5H3;3*1,3-4H2,2H3;/t15-,17-;;;;/m0..../s1. The van der Waals surface area contributed by atoms with Gasteiger partial charge in [0.2, 0.25) is 0 Å². The number of carbonyl (C=O) groups excluding carboxylic acids is 1. The fraction of sp³-hybridized carbons (Fsp3) is 0.750. The molecular weight excluding hydrogens is 724 g/mol. The summed E-state index contributed by atoms with van der Waals surface area (Å²) in [5.41, 5.74) is -0.256. The van der Waals surface area contributed by atoms with E-state index in [0.29, 0.717) is 48.0 Å². The third kappa shape index (κ3) is 9.35. The van der Waals surface area contributed by atoms with Crippen molar-refractivity contribution in [2.75, 3.05) is 44.7 Å². The van der Waals surface area contributed by atoms with Gasteiger partial charge in [-0.05, 0) is 20.8 Å². The molecule has 2 fully saturated rings. The molecule has 0 aliphatic carbocycles. The number of amides is 1. The Morgan fingerprint density at radius 3 is 2.21 bits per heavy atom. The van der Waals surface area contributed by atoms with Gasteiger partial charge in [-0.1, -0.05) is 0 Å². The molecule has 2 saturated heterocycles. The molecule has 2 atom stereocenters. The second-order valence-corrected chi connectivity index (χ2v) is 28.3. The Morgan fingerprint density at radius 2 is 1.68 bits per heavy atom. The number of carbonyl (C=O) groups is 1. The summed E-state index contributed by atoms with van der Waals surface area (Å²) in [4.78, 5) is 28.9. The fourth-order valence-electron chi connectivity index (χ4n) is 7.35. The van der Waals surface area contributed by atoms with Crippen LogP contribution in [-0.2, 0) is 4.74 Å². The molecule has 2 aliphatic rings. The number of nitrogens with zero attached hydrogens (tertiary/aromatic N) is 5. The Balaban J connectivity index is 1.82. The molecule has 0 spiro atoms. The van der Waals surface area contributed by atoms with Crippen molar-refractivity contribution < 1.29 is 18.7 Å². The number of benzene rings is 1. The Hall–Kier alpha value is -1.59. The molecule has 2 aliphatic heterocycles. The van der Waals surface area contributed by atoms with Gasteiger partial charge in [0.25, 0.3) is 0 Å². The van der Waals surface area contributed by atoms with Crippen LogP contribution < -0.4 is 13.2 Å². The van der Waals surface area contributed by atoms with Crippen LogP contribution in [0.3, 0.4) is 0 Å². The van der Waals surface area contributed by atoms with Crippen molar-refractivity contribution >= 4 is 56.4 Å². The van der Waals surface area contributed by atoms with Crippen LogP contribution in [0.1, 0.15) is 99.8 Å². The molecule has 8 nitrogen and oxygen atoms in total. The van der Waals surface area contributed by atoms with Gasteiger partial charge in [-0.2, -0.15) is 0 Å². The van der Waals surface area contributed by atoms with E-state index in [2.05, 4.69) is 44.5 Å². The number of ether oxygens (including phenoxy) is 2. The van der Waals surface area contributed by atoms with Crippen molar-refractivity contribution in [1.82, 2.24) is 19.8 Å². The minimum atomic E-state index is -3.30. The normalized spacial score (nSPS) is 19.5. The minimum absolute atomic E-state index is 0.0957. The zero-order chi connectivity index (χ0) is 34.4. The van der Waals surface area contributed by atoms with E-state index in [0.717, 1.165) is 74.8 Å². The van der Waals surface area contributed by atoms with Gasteiger partial charge >= 0.3 is 273 Å². The topological polar surface area (TPSA) is 71.0 Å². The Labute approximate surface area is 292 Å². The average Bonchev–Trinajstić information content (AvgIpc) is 3.43. The fourth-order valence-corrected chi connectivity index (χ4v) is 25.3. The third-order valence-electron chi connectivity index (χ3n) is 10.0. The van der Waals surface area contributed by atoms with Crippen LogP contribution in [0.15, 0.2) is 6.07 Å². The van der Waals surface area contributed by atoms with E-state index < -0.39 is 24.0 Å². The number of fused-ring (bicyclic) bond motifs is 1. The summed E-state index contributed by atoms with van der Waals surface area (Å²) in [7, 11) is 2.11. The van der Waals surface area contributed by atoms with E-state index in [1.807, 2.05) is 26.8 Å². The molecule has 0 radical (unpaired) electrons. The summed E-state index contributed by atoms with van der Waals surface area (Å²) in [6, 6.07) is 2.34. The number of hydrogen-bond acceptors (Lipinski definition) is 7. The van der Waals surface area contributed by atoms with Crippen molar-refractivity contribution in [3.8, 4) is 6.01 Å². The Morgan fingerprint density at radius 1 is 1.04 bits per heavy atom. The maximum absolute atomic E-state index is 17.4. The first-order chi connectivity index (χ1) is 22.3. The van der Waals surface area contributed by atoms with Crippen LogP contribution >= 0.6 is 11.6 Å². The molecule has 2 aromatic rings. The van der Waals surface area contributed by atoms with Crippen molar-refractivity contribution in [1.29, 1.82) is 0 Å². The average molecular weight is 783 g/mol. The zero-order valence-electron chi connectivity index (χ0n) is 30.3. The number of halogens is 2. The molecule has 0 unspecified atom stereocenters. The van der Waals surface area contributed by atoms with E-state index in [4.69, 9.17) is 31.0 Å². The number of hydrogen-bond donors (Lipinski definition) is 0. The zero-order valence-corrected chi connectivity index (χ0v) is 33.9. The number of anilines is 1. The molecule has 4 rings (SSSR count). The second kappa shape index (κ2) is 16.9. The molecule has 1 aromatic heterocycles. The molecule has 0 N–H and O–H groups in total. The molecule has 3 heterocycles. The van der Waals surface area contributed by atoms with Gasteiger partial charge in [-0.25, -0.2) is 0 Å². The summed E-state index contributed by atoms with van der Waals surface area (Å²) >= 11 is 3.94. The van der Waals surface area contributed by atoms with Crippen LogP contribution in [0.4, 0.5) is 15.0 Å². The third-order valence-corrected chi connectivity index (χ3v) is 26.4. The van der Waals surface area contributed by atoms with Crippen molar-refractivity contribution in [3.05, 3.63) is 16.9 Å². The molecule has 264 valence electrons. The van der Waals surface area contributed by atoms with Crippen molar-refractivity contribution in [2.24, 2.45) is 0 Å². The molecular formula is C36H59ClFN5O3Sn. The number of aromatic nitrogens is 2. The first-order valence-electron chi connectivity index (χ1n) is 18.1. The maximum atomic E-state index is 17.4. The van der Waals surface area contributed by atoms with Gasteiger partial charge in [0.1, 0.15) is 0 Å². The van der Waals surface area contributed by atoms with Crippen LogP contribution in [0.5, 0.6) is 6.01 Å². The van der Waals surface area contributed by atoms with Gasteiger partial charge < -0.3 is 0 Å². The summed E-state index contributed by atoms with van der Waals surface area (Å²) in [5.74, 6) is 0.364. The summed E-state index contributed by atoms with van der Waals surface area (Å²) < 4.78 is 33.5. The molecule has 1 amide bonds. The van der Waals surface area contributed by atoms with Crippen molar-refractivity contribution in [2.45, 2.75) is 131 Å². The van der Waals surface area contributed by atoms with Crippen LogP contribution in [0, 0.1) is 5.82 Å². The number of unbranched alkanes of at least 4 members (excludes halogenated alkanes) is 3. The second-order valence-electron chi connectivity index (χ2n) is 14.9. The van der Waals surface area contributed by atoms with Gasteiger partial charge in [-0.15, -0.1) is 0 Å². The molecule has 1 aromatic carbocycles. The number of likely N-dealkylation sites (N-methyl/N-ethyl adjacent to an activating group) is 1. The van der Waals surface area contributed by atoms with E-state index in [9.17, 15) is 4.79 Å². The first kappa shape index (κ1) is 38.2. The predicted octanol–water partition coefficient (Wildman–Crippen LogP) is 8.40. The van der Waals surface area contributed by atoms with Gasteiger partial charge in [0.05, 0.1) is 0 Å². The number of likely N-dealkylation sites (tertiary alicyclic amines) is 1. The molecule has 0 bridgehead atoms. The number of rotatable bonds is 14. The van der Waals surface area contributed by atoms with E-state index in [1.165, 1.54) is 0 Å². The van der Waals surface area contributed by atoms with Crippen LogP contribution in [0.2, 0.25) is 18.3 Å². The van der Waals surface area contributed by atoms with Gasteiger partial charge in [-0.3, -0.25) is 0 Å². The van der Waals surface area contributed by atoms with Gasteiger partial charge in [0, 0.05) is 0 Å². The summed E-state index contributed by atoms with van der Waals surface area (Å²) in [6.45, 7) is 17.3.